The number of aromatic amines is 1. The van der Waals surface area contributed by atoms with Crippen molar-refractivity contribution in [2.45, 2.75) is 37.4 Å². The molecule has 2 aromatic rings. The smallest absolute Gasteiger partial charge is 0.361 e. The normalized spacial score (nSPS) is 16.9. The predicted molar refractivity (Wildman–Crippen MR) is 72.8 cm³/mol. The highest BCUT2D eigenvalue weighted by Gasteiger charge is 2.64. The number of aryl methyl sites for hydroxylation is 1. The molecule has 0 bridgehead atoms. The molecular weight excluding hydrogens is 281 g/mol. The van der Waals surface area contributed by atoms with Gasteiger partial charge < -0.3 is 10.3 Å². The van der Waals surface area contributed by atoms with Crippen molar-refractivity contribution in [1.82, 2.24) is 10.3 Å². The number of para-hydroxylation sites is 1. The summed E-state index contributed by atoms with van der Waals surface area (Å²) in [5.41, 5.74) is -0.0657. The number of aromatic nitrogens is 1. The van der Waals surface area contributed by atoms with Gasteiger partial charge >= 0.3 is 6.18 Å². The molecule has 0 atom stereocenters. The first kappa shape index (κ1) is 14.0. The van der Waals surface area contributed by atoms with E-state index in [1.54, 1.807) is 6.20 Å². The molecule has 1 saturated carbocycles. The summed E-state index contributed by atoms with van der Waals surface area (Å²) < 4.78 is 38.3. The van der Waals surface area contributed by atoms with Gasteiger partial charge in [-0.15, -0.1) is 0 Å². The third-order valence-electron chi connectivity index (χ3n) is 3.97. The van der Waals surface area contributed by atoms with Crippen LogP contribution in [0.15, 0.2) is 30.5 Å². The van der Waals surface area contributed by atoms with Gasteiger partial charge in [-0.1, -0.05) is 18.2 Å². The van der Waals surface area contributed by atoms with E-state index >= 15 is 0 Å². The van der Waals surface area contributed by atoms with Crippen LogP contribution in [-0.2, 0) is 11.2 Å². The summed E-state index contributed by atoms with van der Waals surface area (Å²) in [6.07, 6.45) is -2.12. The van der Waals surface area contributed by atoms with Crippen LogP contribution in [0.3, 0.4) is 0 Å². The number of benzene rings is 1. The number of nitrogens with one attached hydrogen (secondary N) is 2. The summed E-state index contributed by atoms with van der Waals surface area (Å²) in [7, 11) is 0. The summed E-state index contributed by atoms with van der Waals surface area (Å²) in [5, 5.41) is 3.15. The average Bonchev–Trinajstić information content (AvgIpc) is 3.10. The van der Waals surface area contributed by atoms with E-state index in [0.717, 1.165) is 16.5 Å². The van der Waals surface area contributed by atoms with Gasteiger partial charge in [0.05, 0.1) is 0 Å². The number of carbonyl (C=O) groups is 1. The second kappa shape index (κ2) is 4.79. The molecule has 21 heavy (non-hydrogen) atoms. The number of hydrogen-bond donors (Lipinski definition) is 2. The zero-order valence-electron chi connectivity index (χ0n) is 11.3. The predicted octanol–water partition coefficient (Wildman–Crippen LogP) is 3.31. The van der Waals surface area contributed by atoms with Gasteiger partial charge in [0.15, 0.2) is 0 Å². The van der Waals surface area contributed by atoms with E-state index < -0.39 is 17.6 Å². The summed E-state index contributed by atoms with van der Waals surface area (Å²) in [6.45, 7) is 0. The van der Waals surface area contributed by atoms with Crippen LogP contribution < -0.4 is 5.32 Å². The van der Waals surface area contributed by atoms with Crippen LogP contribution in [0.4, 0.5) is 13.2 Å². The summed E-state index contributed by atoms with van der Waals surface area (Å²) in [4.78, 5) is 14.8. The maximum absolute atomic E-state index is 12.8. The number of halogens is 3. The Bertz CT molecular complexity index is 671. The molecule has 1 aliphatic carbocycles. The van der Waals surface area contributed by atoms with Gasteiger partial charge in [-0.05, 0) is 30.9 Å². The van der Waals surface area contributed by atoms with Crippen LogP contribution in [0.2, 0.25) is 0 Å². The van der Waals surface area contributed by atoms with E-state index in [4.69, 9.17) is 0 Å². The van der Waals surface area contributed by atoms with Crippen molar-refractivity contribution in [3.8, 4) is 0 Å². The standard InChI is InChI=1S/C15H15F3N2O/c16-15(17,18)14(7-8-14)20-13(21)6-5-10-9-19-12-4-2-1-3-11(10)12/h1-4,9,19H,5-8H2,(H,20,21). The Kier molecular flexibility index (Phi) is 3.19. The van der Waals surface area contributed by atoms with Gasteiger partial charge in [0.25, 0.3) is 0 Å². The molecule has 0 spiro atoms. The fourth-order valence-corrected chi connectivity index (χ4v) is 2.52. The third-order valence-corrected chi connectivity index (χ3v) is 3.97. The first-order chi connectivity index (χ1) is 9.91. The Morgan fingerprint density at radius 2 is 2.00 bits per heavy atom. The van der Waals surface area contributed by atoms with Gasteiger partial charge in [0.2, 0.25) is 5.91 Å². The third kappa shape index (κ3) is 2.62. The maximum Gasteiger partial charge on any atom is 0.411 e. The van der Waals surface area contributed by atoms with Gasteiger partial charge in [-0.3, -0.25) is 4.79 Å². The quantitative estimate of drug-likeness (QED) is 0.893. The zero-order chi connectivity index (χ0) is 15.1. The number of fused-ring (bicyclic) bond motifs is 1. The minimum atomic E-state index is -4.36. The Balaban J connectivity index is 1.62. The second-order valence-corrected chi connectivity index (χ2v) is 5.49. The molecule has 3 rings (SSSR count). The van der Waals surface area contributed by atoms with Crippen LogP contribution in [0.5, 0.6) is 0 Å². The van der Waals surface area contributed by atoms with Crippen molar-refractivity contribution in [1.29, 1.82) is 0 Å². The molecule has 3 nitrogen and oxygen atoms in total. The molecule has 0 unspecified atom stereocenters. The summed E-state index contributed by atoms with van der Waals surface area (Å²) >= 11 is 0. The molecule has 0 saturated heterocycles. The van der Waals surface area contributed by atoms with Crippen molar-refractivity contribution < 1.29 is 18.0 Å². The molecule has 1 aromatic carbocycles. The van der Waals surface area contributed by atoms with Crippen molar-refractivity contribution in [3.05, 3.63) is 36.0 Å². The lowest BCUT2D eigenvalue weighted by atomic mass is 10.1. The van der Waals surface area contributed by atoms with E-state index in [1.165, 1.54) is 0 Å². The van der Waals surface area contributed by atoms with Gasteiger partial charge in [-0.2, -0.15) is 13.2 Å². The summed E-state index contributed by atoms with van der Waals surface area (Å²) in [6, 6.07) is 7.64. The maximum atomic E-state index is 12.8. The number of alkyl halides is 3. The highest BCUT2D eigenvalue weighted by atomic mass is 19.4. The van der Waals surface area contributed by atoms with Gasteiger partial charge in [0.1, 0.15) is 5.54 Å². The van der Waals surface area contributed by atoms with Crippen LogP contribution in [0, 0.1) is 0 Å². The molecule has 1 amide bonds. The van der Waals surface area contributed by atoms with Gasteiger partial charge in [0, 0.05) is 23.5 Å². The van der Waals surface area contributed by atoms with E-state index in [9.17, 15) is 18.0 Å². The van der Waals surface area contributed by atoms with Crippen molar-refractivity contribution >= 4 is 16.8 Å². The fraction of sp³-hybridized carbons (Fsp3) is 0.400. The molecule has 0 radical (unpaired) electrons. The SMILES string of the molecule is O=C(CCc1c[nH]c2ccccc12)NC1(C(F)(F)F)CC1. The zero-order valence-corrected chi connectivity index (χ0v) is 11.3. The van der Waals surface area contributed by atoms with Crippen molar-refractivity contribution in [3.63, 3.8) is 0 Å². The van der Waals surface area contributed by atoms with E-state index in [0.29, 0.717) is 6.42 Å². The first-order valence-corrected chi connectivity index (χ1v) is 6.84. The number of hydrogen-bond acceptors (Lipinski definition) is 1. The molecule has 112 valence electrons. The topological polar surface area (TPSA) is 44.9 Å². The monoisotopic (exact) mass is 296 g/mol. The molecular formula is C15H15F3N2O. The van der Waals surface area contributed by atoms with Crippen LogP contribution in [0.25, 0.3) is 10.9 Å². The Labute approximate surface area is 119 Å². The van der Waals surface area contributed by atoms with Crippen LogP contribution in [-0.4, -0.2) is 22.6 Å². The molecule has 1 fully saturated rings. The van der Waals surface area contributed by atoms with Crippen LogP contribution >= 0.6 is 0 Å². The van der Waals surface area contributed by atoms with E-state index in [2.05, 4.69) is 10.3 Å². The molecule has 1 aromatic heterocycles. The summed E-state index contributed by atoms with van der Waals surface area (Å²) in [5.74, 6) is -0.546. The minimum Gasteiger partial charge on any atom is -0.361 e. The van der Waals surface area contributed by atoms with E-state index in [-0.39, 0.29) is 19.3 Å². The highest BCUT2D eigenvalue weighted by Crippen LogP contribution is 2.48. The number of amides is 1. The number of H-pyrrole nitrogens is 1. The van der Waals surface area contributed by atoms with Crippen molar-refractivity contribution in [2.75, 3.05) is 0 Å². The lowest BCUT2D eigenvalue weighted by Gasteiger charge is -2.20. The molecule has 2 N–H and O–H groups in total. The number of rotatable bonds is 4. The molecule has 6 heteroatoms. The highest BCUT2D eigenvalue weighted by molar-refractivity contribution is 5.84. The molecule has 0 aliphatic heterocycles. The average molecular weight is 296 g/mol. The largest absolute Gasteiger partial charge is 0.411 e. The van der Waals surface area contributed by atoms with Crippen molar-refractivity contribution in [2.24, 2.45) is 0 Å². The lowest BCUT2D eigenvalue weighted by Crippen LogP contribution is -2.47. The fourth-order valence-electron chi connectivity index (χ4n) is 2.52. The lowest BCUT2D eigenvalue weighted by molar-refractivity contribution is -0.170. The number of carbonyl (C=O) groups excluding carboxylic acids is 1. The Morgan fingerprint density at radius 1 is 1.29 bits per heavy atom. The molecule has 1 aliphatic rings. The van der Waals surface area contributed by atoms with E-state index in [1.807, 2.05) is 24.3 Å². The Morgan fingerprint density at radius 3 is 2.67 bits per heavy atom. The Hall–Kier alpha value is -1.98. The van der Waals surface area contributed by atoms with Gasteiger partial charge in [-0.25, -0.2) is 0 Å². The minimum absolute atomic E-state index is 0.0185. The second-order valence-electron chi connectivity index (χ2n) is 5.49. The van der Waals surface area contributed by atoms with Crippen LogP contribution in [0.1, 0.15) is 24.8 Å². The molecule has 1 heterocycles. The first-order valence-electron chi connectivity index (χ1n) is 6.84.